The first kappa shape index (κ1) is 20.0. The lowest BCUT2D eigenvalue weighted by Gasteiger charge is -2.36. The molecule has 1 aromatic carbocycles. The van der Waals surface area contributed by atoms with Crippen molar-refractivity contribution < 1.29 is 9.53 Å². The summed E-state index contributed by atoms with van der Waals surface area (Å²) in [6.07, 6.45) is 8.54. The number of ether oxygens (including phenoxy) is 1. The van der Waals surface area contributed by atoms with Gasteiger partial charge in [0.05, 0.1) is 5.41 Å². The highest BCUT2D eigenvalue weighted by atomic mass is 16.5. The molecule has 5 nitrogen and oxygen atoms in total. The Hall–Kier alpha value is -2.24. The predicted octanol–water partition coefficient (Wildman–Crippen LogP) is 3.30. The monoisotopic (exact) mass is 393 g/mol. The number of carbonyl (C=O) groups excluding carboxylic acids is 1. The van der Waals surface area contributed by atoms with Crippen molar-refractivity contribution in [1.82, 2.24) is 15.2 Å². The van der Waals surface area contributed by atoms with E-state index in [0.717, 1.165) is 56.6 Å². The molecule has 2 aliphatic heterocycles. The standard InChI is InChI=1S/C24H31N3O2/c28-23(26-11-14-27-12-1-2-13-27)24(8-15-29-16-9-24)18-20-5-3-6-21(17-20)22-7-4-10-25-19-22/h3-7,10,17,19H,1-2,8-9,11-16,18H2,(H,26,28). The Morgan fingerprint density at radius 2 is 1.90 bits per heavy atom. The number of pyridine rings is 1. The molecule has 0 unspecified atom stereocenters. The second-order valence-corrected chi connectivity index (χ2v) is 8.32. The van der Waals surface area contributed by atoms with Gasteiger partial charge < -0.3 is 15.0 Å². The molecule has 2 aliphatic rings. The fourth-order valence-corrected chi connectivity index (χ4v) is 4.55. The third kappa shape index (κ3) is 5.03. The first-order chi connectivity index (χ1) is 14.3. The minimum absolute atomic E-state index is 0.187. The summed E-state index contributed by atoms with van der Waals surface area (Å²) in [4.78, 5) is 19.9. The van der Waals surface area contributed by atoms with E-state index in [1.807, 2.05) is 12.3 Å². The topological polar surface area (TPSA) is 54.5 Å². The number of nitrogens with zero attached hydrogens (tertiary/aromatic N) is 2. The van der Waals surface area contributed by atoms with Gasteiger partial charge in [0.25, 0.3) is 0 Å². The highest BCUT2D eigenvalue weighted by Gasteiger charge is 2.40. The Morgan fingerprint density at radius 3 is 2.66 bits per heavy atom. The van der Waals surface area contributed by atoms with Crippen LogP contribution in [-0.4, -0.2) is 55.2 Å². The summed E-state index contributed by atoms with van der Waals surface area (Å²) < 4.78 is 5.59. The third-order valence-corrected chi connectivity index (χ3v) is 6.31. The Labute approximate surface area is 173 Å². The van der Waals surface area contributed by atoms with Crippen LogP contribution in [0.2, 0.25) is 0 Å². The summed E-state index contributed by atoms with van der Waals surface area (Å²) in [5.74, 6) is 0.187. The van der Waals surface area contributed by atoms with Gasteiger partial charge >= 0.3 is 0 Å². The molecular formula is C24H31N3O2. The molecule has 154 valence electrons. The number of carbonyl (C=O) groups is 1. The Bertz CT molecular complexity index is 797. The number of benzene rings is 1. The minimum atomic E-state index is -0.378. The fraction of sp³-hybridized carbons (Fsp3) is 0.500. The Balaban J connectivity index is 1.45. The molecule has 5 heteroatoms. The van der Waals surface area contributed by atoms with Gasteiger partial charge in [-0.15, -0.1) is 0 Å². The summed E-state index contributed by atoms with van der Waals surface area (Å²) >= 11 is 0. The summed E-state index contributed by atoms with van der Waals surface area (Å²) in [6, 6.07) is 12.5. The molecular weight excluding hydrogens is 362 g/mol. The normalized spacial score (nSPS) is 19.2. The number of hydrogen-bond donors (Lipinski definition) is 1. The molecule has 0 aliphatic carbocycles. The minimum Gasteiger partial charge on any atom is -0.381 e. The van der Waals surface area contributed by atoms with Crippen molar-refractivity contribution in [2.45, 2.75) is 32.1 Å². The first-order valence-corrected chi connectivity index (χ1v) is 10.8. The first-order valence-electron chi connectivity index (χ1n) is 10.8. The van der Waals surface area contributed by atoms with Crippen LogP contribution in [0.5, 0.6) is 0 Å². The molecule has 0 bridgehead atoms. The van der Waals surface area contributed by atoms with Gasteiger partial charge in [0, 0.05) is 38.7 Å². The zero-order valence-electron chi connectivity index (χ0n) is 17.1. The molecule has 0 radical (unpaired) electrons. The number of hydrogen-bond acceptors (Lipinski definition) is 4. The fourth-order valence-electron chi connectivity index (χ4n) is 4.55. The van der Waals surface area contributed by atoms with E-state index in [2.05, 4.69) is 45.5 Å². The summed E-state index contributed by atoms with van der Waals surface area (Å²) in [6.45, 7) is 5.32. The van der Waals surface area contributed by atoms with Gasteiger partial charge in [-0.05, 0) is 68.0 Å². The van der Waals surface area contributed by atoms with E-state index < -0.39 is 0 Å². The van der Waals surface area contributed by atoms with Crippen LogP contribution >= 0.6 is 0 Å². The van der Waals surface area contributed by atoms with E-state index in [-0.39, 0.29) is 11.3 Å². The average Bonchev–Trinajstić information content (AvgIpc) is 3.29. The molecule has 4 rings (SSSR count). The van der Waals surface area contributed by atoms with Crippen molar-refractivity contribution in [2.75, 3.05) is 39.4 Å². The van der Waals surface area contributed by atoms with Crippen LogP contribution in [0.1, 0.15) is 31.2 Å². The number of rotatable bonds is 7. The van der Waals surface area contributed by atoms with Crippen LogP contribution < -0.4 is 5.32 Å². The van der Waals surface area contributed by atoms with Crippen LogP contribution in [-0.2, 0) is 16.0 Å². The summed E-state index contributed by atoms with van der Waals surface area (Å²) in [5, 5.41) is 3.24. The summed E-state index contributed by atoms with van der Waals surface area (Å²) in [5.41, 5.74) is 3.07. The quantitative estimate of drug-likeness (QED) is 0.784. The average molecular weight is 394 g/mol. The molecule has 2 aromatic rings. The Kier molecular flexibility index (Phi) is 6.57. The van der Waals surface area contributed by atoms with Crippen LogP contribution in [0.25, 0.3) is 11.1 Å². The van der Waals surface area contributed by atoms with Gasteiger partial charge in [0.15, 0.2) is 0 Å². The van der Waals surface area contributed by atoms with Gasteiger partial charge in [0.1, 0.15) is 0 Å². The van der Waals surface area contributed by atoms with E-state index in [1.165, 1.54) is 18.4 Å². The van der Waals surface area contributed by atoms with Crippen molar-refractivity contribution in [3.8, 4) is 11.1 Å². The zero-order valence-corrected chi connectivity index (χ0v) is 17.1. The maximum Gasteiger partial charge on any atom is 0.226 e. The molecule has 1 amide bonds. The van der Waals surface area contributed by atoms with E-state index >= 15 is 0 Å². The lowest BCUT2D eigenvalue weighted by molar-refractivity contribution is -0.136. The van der Waals surface area contributed by atoms with Crippen molar-refractivity contribution in [2.24, 2.45) is 5.41 Å². The molecule has 1 N–H and O–H groups in total. The third-order valence-electron chi connectivity index (χ3n) is 6.31. The van der Waals surface area contributed by atoms with E-state index in [1.54, 1.807) is 6.20 Å². The SMILES string of the molecule is O=C(NCCN1CCCC1)C1(Cc2cccc(-c3cccnc3)c2)CCOCC1. The van der Waals surface area contributed by atoms with Crippen molar-refractivity contribution in [3.63, 3.8) is 0 Å². The molecule has 2 fully saturated rings. The van der Waals surface area contributed by atoms with Gasteiger partial charge in [-0.2, -0.15) is 0 Å². The van der Waals surface area contributed by atoms with Gasteiger partial charge in [-0.25, -0.2) is 0 Å². The molecule has 0 saturated carbocycles. The van der Waals surface area contributed by atoms with Gasteiger partial charge in [-0.3, -0.25) is 9.78 Å². The molecule has 29 heavy (non-hydrogen) atoms. The van der Waals surface area contributed by atoms with Crippen LogP contribution in [0.4, 0.5) is 0 Å². The maximum absolute atomic E-state index is 13.3. The highest BCUT2D eigenvalue weighted by Crippen LogP contribution is 2.35. The van der Waals surface area contributed by atoms with Gasteiger partial charge in [0.2, 0.25) is 5.91 Å². The highest BCUT2D eigenvalue weighted by molar-refractivity contribution is 5.83. The largest absolute Gasteiger partial charge is 0.381 e. The van der Waals surface area contributed by atoms with Crippen LogP contribution in [0.15, 0.2) is 48.8 Å². The molecule has 3 heterocycles. The van der Waals surface area contributed by atoms with Crippen molar-refractivity contribution in [3.05, 3.63) is 54.4 Å². The summed E-state index contributed by atoms with van der Waals surface area (Å²) in [7, 11) is 0. The number of likely N-dealkylation sites (tertiary alicyclic amines) is 1. The Morgan fingerprint density at radius 1 is 1.10 bits per heavy atom. The van der Waals surface area contributed by atoms with Gasteiger partial charge in [-0.1, -0.05) is 30.3 Å². The predicted molar refractivity (Wildman–Crippen MR) is 115 cm³/mol. The second-order valence-electron chi connectivity index (χ2n) is 8.32. The zero-order chi connectivity index (χ0) is 19.9. The van der Waals surface area contributed by atoms with Crippen LogP contribution in [0, 0.1) is 5.41 Å². The maximum atomic E-state index is 13.3. The number of aromatic nitrogens is 1. The smallest absolute Gasteiger partial charge is 0.226 e. The molecule has 1 aromatic heterocycles. The van der Waals surface area contributed by atoms with Crippen molar-refractivity contribution in [1.29, 1.82) is 0 Å². The molecule has 0 atom stereocenters. The number of amides is 1. The second kappa shape index (κ2) is 9.51. The molecule has 0 spiro atoms. The lowest BCUT2D eigenvalue weighted by Crippen LogP contribution is -2.47. The van der Waals surface area contributed by atoms with E-state index in [4.69, 9.17) is 4.74 Å². The van der Waals surface area contributed by atoms with E-state index in [0.29, 0.717) is 13.2 Å². The van der Waals surface area contributed by atoms with Crippen LogP contribution in [0.3, 0.4) is 0 Å². The van der Waals surface area contributed by atoms with Crippen molar-refractivity contribution >= 4 is 5.91 Å². The van der Waals surface area contributed by atoms with E-state index in [9.17, 15) is 4.79 Å². The molecule has 2 saturated heterocycles. The lowest BCUT2D eigenvalue weighted by atomic mass is 9.74. The number of nitrogens with one attached hydrogen (secondary N) is 1.